The van der Waals surface area contributed by atoms with E-state index in [0.717, 1.165) is 0 Å². The number of methoxy groups -OCH3 is 3. The number of rotatable bonds is 4. The van der Waals surface area contributed by atoms with Gasteiger partial charge < -0.3 is 24.1 Å². The van der Waals surface area contributed by atoms with Gasteiger partial charge in [-0.25, -0.2) is 0 Å². The second kappa shape index (κ2) is 7.21. The Labute approximate surface area is 154 Å². The minimum atomic E-state index is -4.30. The van der Waals surface area contributed by atoms with Crippen LogP contribution in [0.5, 0.6) is 17.2 Å². The molecule has 148 valence electrons. The molecule has 6 nitrogen and oxygen atoms in total. The zero-order valence-corrected chi connectivity index (χ0v) is 15.3. The first-order valence-electron chi connectivity index (χ1n) is 8.47. The molecule has 9 heteroatoms. The number of benzene rings is 1. The molecule has 0 bridgehead atoms. The van der Waals surface area contributed by atoms with Crippen molar-refractivity contribution in [3.63, 3.8) is 0 Å². The van der Waals surface area contributed by atoms with Crippen molar-refractivity contribution in [3.05, 3.63) is 17.8 Å². The third-order valence-corrected chi connectivity index (χ3v) is 4.82. The fourth-order valence-electron chi connectivity index (χ4n) is 3.46. The Morgan fingerprint density at radius 2 is 1.85 bits per heavy atom. The number of ether oxygens (including phenoxy) is 3. The Hall–Kier alpha value is -2.58. The van der Waals surface area contributed by atoms with Gasteiger partial charge in [-0.3, -0.25) is 4.79 Å². The van der Waals surface area contributed by atoms with Crippen LogP contribution in [0.25, 0.3) is 10.9 Å². The summed E-state index contributed by atoms with van der Waals surface area (Å²) in [5, 5.41) is 0.636. The van der Waals surface area contributed by atoms with E-state index in [9.17, 15) is 18.0 Å². The lowest BCUT2D eigenvalue weighted by molar-refractivity contribution is -0.184. The first kappa shape index (κ1) is 19.2. The zero-order valence-electron chi connectivity index (χ0n) is 15.3. The van der Waals surface area contributed by atoms with E-state index in [-0.39, 0.29) is 18.7 Å². The predicted octanol–water partition coefficient (Wildman–Crippen LogP) is 3.61. The quantitative estimate of drug-likeness (QED) is 0.872. The minimum Gasteiger partial charge on any atom is -0.493 e. The Kier molecular flexibility index (Phi) is 5.12. The highest BCUT2D eigenvalue weighted by atomic mass is 19.4. The van der Waals surface area contributed by atoms with Crippen molar-refractivity contribution in [1.29, 1.82) is 0 Å². The second-order valence-electron chi connectivity index (χ2n) is 6.42. The van der Waals surface area contributed by atoms with Crippen LogP contribution in [0.1, 0.15) is 23.3 Å². The van der Waals surface area contributed by atoms with Gasteiger partial charge >= 0.3 is 6.18 Å². The number of piperidine rings is 1. The molecule has 3 rings (SSSR count). The summed E-state index contributed by atoms with van der Waals surface area (Å²) in [5.41, 5.74) is 0.712. The standard InChI is InChI=1S/C18H21F3N2O4/c1-25-13-8-10-7-12(22-14(10)16(27-3)15(13)26-2)17(24)23-6-4-5-11(9-23)18(19,20)21/h7-8,11,22H,4-6,9H2,1-3H3/t11-/m0/s1. The number of H-pyrrole nitrogens is 1. The number of likely N-dealkylation sites (tertiary alicyclic amines) is 1. The molecular formula is C18H21F3N2O4. The lowest BCUT2D eigenvalue weighted by Crippen LogP contribution is -2.44. The summed E-state index contributed by atoms with van der Waals surface area (Å²) in [6.07, 6.45) is -3.94. The number of amides is 1. The van der Waals surface area contributed by atoms with Crippen LogP contribution in [-0.2, 0) is 0 Å². The van der Waals surface area contributed by atoms with E-state index < -0.39 is 18.0 Å². The van der Waals surface area contributed by atoms with E-state index in [1.54, 1.807) is 12.1 Å². The predicted molar refractivity (Wildman–Crippen MR) is 92.6 cm³/mol. The summed E-state index contributed by atoms with van der Waals surface area (Å²) in [6, 6.07) is 3.26. The maximum absolute atomic E-state index is 13.0. The highest BCUT2D eigenvalue weighted by Crippen LogP contribution is 2.43. The van der Waals surface area contributed by atoms with Crippen molar-refractivity contribution < 1.29 is 32.2 Å². The van der Waals surface area contributed by atoms with Gasteiger partial charge in [0.15, 0.2) is 11.5 Å². The third-order valence-electron chi connectivity index (χ3n) is 4.82. The number of aromatic amines is 1. The highest BCUT2D eigenvalue weighted by molar-refractivity contribution is 6.01. The molecule has 1 fully saturated rings. The molecule has 0 spiro atoms. The summed E-state index contributed by atoms with van der Waals surface area (Å²) >= 11 is 0. The van der Waals surface area contributed by atoms with Gasteiger partial charge in [0.1, 0.15) is 5.69 Å². The van der Waals surface area contributed by atoms with Crippen LogP contribution in [0.3, 0.4) is 0 Å². The second-order valence-corrected chi connectivity index (χ2v) is 6.42. The van der Waals surface area contributed by atoms with E-state index in [2.05, 4.69) is 4.98 Å². The van der Waals surface area contributed by atoms with Crippen LogP contribution >= 0.6 is 0 Å². The Bertz CT molecular complexity index is 847. The number of hydrogen-bond acceptors (Lipinski definition) is 4. The van der Waals surface area contributed by atoms with Crippen LogP contribution in [-0.4, -0.2) is 56.4 Å². The summed E-state index contributed by atoms with van der Waals surface area (Å²) in [5.74, 6) is -0.814. The van der Waals surface area contributed by atoms with E-state index in [1.807, 2.05) is 0 Å². The van der Waals surface area contributed by atoms with Crippen LogP contribution < -0.4 is 14.2 Å². The molecule has 1 amide bonds. The smallest absolute Gasteiger partial charge is 0.393 e. The molecule has 1 aliphatic rings. The van der Waals surface area contributed by atoms with Crippen molar-refractivity contribution in [2.75, 3.05) is 34.4 Å². The lowest BCUT2D eigenvalue weighted by Gasteiger charge is -2.33. The molecule has 0 aliphatic carbocycles. The number of nitrogens with one attached hydrogen (secondary N) is 1. The van der Waals surface area contributed by atoms with Gasteiger partial charge in [0.05, 0.1) is 32.8 Å². The number of nitrogens with zero attached hydrogens (tertiary/aromatic N) is 1. The van der Waals surface area contributed by atoms with E-state index in [0.29, 0.717) is 41.1 Å². The highest BCUT2D eigenvalue weighted by Gasteiger charge is 2.43. The van der Waals surface area contributed by atoms with Crippen molar-refractivity contribution in [2.45, 2.75) is 19.0 Å². The SMILES string of the molecule is COc1cc2cc(C(=O)N3CCC[C@H](C(F)(F)F)C3)[nH]c2c(OC)c1OC. The Morgan fingerprint density at radius 1 is 1.15 bits per heavy atom. The average molecular weight is 386 g/mol. The van der Waals surface area contributed by atoms with Crippen molar-refractivity contribution in [2.24, 2.45) is 5.92 Å². The maximum Gasteiger partial charge on any atom is 0.393 e. The molecule has 0 saturated carbocycles. The molecule has 1 saturated heterocycles. The van der Waals surface area contributed by atoms with Gasteiger partial charge in [0.2, 0.25) is 5.75 Å². The number of carbonyl (C=O) groups is 1. The molecule has 1 atom stereocenters. The van der Waals surface area contributed by atoms with Gasteiger partial charge in [0, 0.05) is 18.5 Å². The first-order chi connectivity index (χ1) is 12.8. The van der Waals surface area contributed by atoms with Gasteiger partial charge in [-0.05, 0) is 25.0 Å². The summed E-state index contributed by atoms with van der Waals surface area (Å²) in [6.45, 7) is -0.0357. The zero-order chi connectivity index (χ0) is 19.8. The van der Waals surface area contributed by atoms with Crippen LogP contribution in [0.2, 0.25) is 0 Å². The summed E-state index contributed by atoms with van der Waals surface area (Å²) in [4.78, 5) is 17.0. The molecule has 1 aliphatic heterocycles. The fraction of sp³-hybridized carbons (Fsp3) is 0.500. The van der Waals surface area contributed by atoms with Crippen molar-refractivity contribution in [3.8, 4) is 17.2 Å². The number of carbonyl (C=O) groups excluding carboxylic acids is 1. The summed E-state index contributed by atoms with van der Waals surface area (Å²) < 4.78 is 55.1. The van der Waals surface area contributed by atoms with Crippen LogP contribution in [0.15, 0.2) is 12.1 Å². The Balaban J connectivity index is 1.96. The molecule has 0 unspecified atom stereocenters. The van der Waals surface area contributed by atoms with Gasteiger partial charge in [0.25, 0.3) is 5.91 Å². The number of alkyl halides is 3. The molecule has 27 heavy (non-hydrogen) atoms. The Morgan fingerprint density at radius 3 is 2.44 bits per heavy atom. The van der Waals surface area contributed by atoms with Crippen molar-refractivity contribution in [1.82, 2.24) is 9.88 Å². The fourth-order valence-corrected chi connectivity index (χ4v) is 3.46. The van der Waals surface area contributed by atoms with Crippen molar-refractivity contribution >= 4 is 16.8 Å². The molecule has 2 aromatic rings. The summed E-state index contributed by atoms with van der Waals surface area (Å²) in [7, 11) is 4.40. The molecule has 0 radical (unpaired) electrons. The third kappa shape index (κ3) is 3.50. The number of fused-ring (bicyclic) bond motifs is 1. The number of aromatic nitrogens is 1. The molecular weight excluding hydrogens is 365 g/mol. The normalized spacial score (nSPS) is 17.9. The molecule has 1 aromatic heterocycles. The molecule has 1 aromatic carbocycles. The largest absolute Gasteiger partial charge is 0.493 e. The van der Waals surface area contributed by atoms with Gasteiger partial charge in [-0.1, -0.05) is 0 Å². The monoisotopic (exact) mass is 386 g/mol. The van der Waals surface area contributed by atoms with Gasteiger partial charge in [-0.15, -0.1) is 0 Å². The number of hydrogen-bond donors (Lipinski definition) is 1. The maximum atomic E-state index is 13.0. The molecule has 1 N–H and O–H groups in total. The lowest BCUT2D eigenvalue weighted by atomic mass is 9.97. The topological polar surface area (TPSA) is 63.8 Å². The van der Waals surface area contributed by atoms with E-state index in [4.69, 9.17) is 14.2 Å². The average Bonchev–Trinajstić information content (AvgIpc) is 3.08. The minimum absolute atomic E-state index is 0.0439. The molecule has 2 heterocycles. The van der Waals surface area contributed by atoms with Gasteiger partial charge in [-0.2, -0.15) is 13.2 Å². The van der Waals surface area contributed by atoms with E-state index >= 15 is 0 Å². The van der Waals surface area contributed by atoms with E-state index in [1.165, 1.54) is 26.2 Å². The van der Waals surface area contributed by atoms with Crippen LogP contribution in [0, 0.1) is 5.92 Å². The van der Waals surface area contributed by atoms with Crippen LogP contribution in [0.4, 0.5) is 13.2 Å². The number of halogens is 3. The first-order valence-corrected chi connectivity index (χ1v) is 8.47.